The first kappa shape index (κ1) is 31.7. The van der Waals surface area contributed by atoms with Crippen LogP contribution in [0.15, 0.2) is 12.2 Å². The van der Waals surface area contributed by atoms with E-state index >= 15 is 0 Å². The molecule has 0 rings (SSSR count). The van der Waals surface area contributed by atoms with Gasteiger partial charge in [0.15, 0.2) is 0 Å². The molecule has 1 N–H and O–H groups in total. The van der Waals surface area contributed by atoms with Crippen LogP contribution in [-0.4, -0.2) is 44.8 Å². The van der Waals surface area contributed by atoms with Crippen LogP contribution in [0.5, 0.6) is 0 Å². The third-order valence-electron chi connectivity index (χ3n) is 4.77. The summed E-state index contributed by atoms with van der Waals surface area (Å²) in [7, 11) is 0. The Kier molecular flexibility index (Phi) is 30.1. The summed E-state index contributed by atoms with van der Waals surface area (Å²) in [5.74, 6) is -1.72. The van der Waals surface area contributed by atoms with Crippen LogP contribution >= 0.6 is 0 Å². The maximum atomic E-state index is 11.1. The number of unbranched alkanes of at least 4 members (excludes halogenated alkanes) is 12. The second-order valence-corrected chi connectivity index (χ2v) is 12.1. The molecule has 2 radical (unpaired) electrons. The number of esters is 1. The molecule has 0 aliphatic heterocycles. The molecule has 0 saturated heterocycles. The summed E-state index contributed by atoms with van der Waals surface area (Å²) in [6, 6.07) is 0. The van der Waals surface area contributed by atoms with Crippen LogP contribution < -0.4 is 0 Å². The first-order valence-corrected chi connectivity index (χ1v) is 16.4. The Labute approximate surface area is 196 Å². The molecule has 0 unspecified atom stereocenters. The number of hydrogen-bond donors (Lipinski definition) is 1. The minimum absolute atomic E-state index is 0.149. The van der Waals surface area contributed by atoms with E-state index in [-0.39, 0.29) is 21.1 Å². The molecule has 0 heterocycles. The Balaban J connectivity index is 0. The van der Waals surface area contributed by atoms with Crippen molar-refractivity contribution in [3.8, 4) is 0 Å². The van der Waals surface area contributed by atoms with Crippen LogP contribution in [0.2, 0.25) is 8.87 Å². The standard InChI is InChI=1S/C17H30O4.2C4H9.Sn/c1-2-3-4-5-6-7-8-9-10-11-12-15-21-17(20)14-13-16(18)19;2*1-3-4-2;/h13-14H,2-12,15H2,1H3,(H,18,19);2*1,3-4H2,2H3;. The molecule has 30 heavy (non-hydrogen) atoms. The summed E-state index contributed by atoms with van der Waals surface area (Å²) in [5.41, 5.74) is 0. The maximum absolute atomic E-state index is 11.1. The number of carbonyl (C=O) groups excluding carboxylic acids is 1. The van der Waals surface area contributed by atoms with Crippen molar-refractivity contribution in [2.45, 2.75) is 126 Å². The zero-order valence-electron chi connectivity index (χ0n) is 20.1. The van der Waals surface area contributed by atoms with E-state index in [1.165, 1.54) is 83.5 Å². The molecule has 0 fully saturated rings. The van der Waals surface area contributed by atoms with E-state index in [9.17, 15) is 9.59 Å². The summed E-state index contributed by atoms with van der Waals surface area (Å²) in [6.07, 6.45) is 21.3. The molecule has 176 valence electrons. The van der Waals surface area contributed by atoms with Crippen molar-refractivity contribution in [3.63, 3.8) is 0 Å². The van der Waals surface area contributed by atoms with Crippen molar-refractivity contribution in [2.24, 2.45) is 0 Å². The van der Waals surface area contributed by atoms with Gasteiger partial charge >= 0.3 is 81.5 Å². The zero-order valence-corrected chi connectivity index (χ0v) is 22.9. The summed E-state index contributed by atoms with van der Waals surface area (Å²) >= 11 is 0.149. The number of rotatable bonds is 20. The third kappa shape index (κ3) is 32.2. The van der Waals surface area contributed by atoms with Crippen LogP contribution in [0.25, 0.3) is 0 Å². The van der Waals surface area contributed by atoms with Gasteiger partial charge in [0.1, 0.15) is 0 Å². The molecule has 0 amide bonds. The summed E-state index contributed by atoms with van der Waals surface area (Å²) in [6.45, 7) is 7.19. The van der Waals surface area contributed by atoms with E-state index in [1.54, 1.807) is 8.87 Å². The number of carboxylic acids is 1. The number of hydrogen-bond acceptors (Lipinski definition) is 3. The van der Waals surface area contributed by atoms with Gasteiger partial charge in [0.2, 0.25) is 0 Å². The fourth-order valence-corrected chi connectivity index (χ4v) is 7.01. The van der Waals surface area contributed by atoms with Gasteiger partial charge in [0, 0.05) is 12.2 Å². The van der Waals surface area contributed by atoms with Gasteiger partial charge in [-0.15, -0.1) is 0 Å². The molecule has 0 aromatic carbocycles. The summed E-state index contributed by atoms with van der Waals surface area (Å²) in [5, 5.41) is 8.34. The molecule has 0 aliphatic rings. The molecular weight excluding hydrogens is 483 g/mol. The minimum atomic E-state index is -1.14. The van der Waals surface area contributed by atoms with Gasteiger partial charge in [-0.1, -0.05) is 71.1 Å². The average Bonchev–Trinajstić information content (AvgIpc) is 2.73. The van der Waals surface area contributed by atoms with Crippen LogP contribution in [0.3, 0.4) is 0 Å². The normalized spacial score (nSPS) is 10.6. The number of carboxylic acid groups (broad SMARTS) is 1. The van der Waals surface area contributed by atoms with Crippen molar-refractivity contribution in [1.82, 2.24) is 0 Å². The quantitative estimate of drug-likeness (QED) is 0.0761. The SMILES string of the molecule is CCCCCCCCCCCCCOC(=O)C=CC(=O)O.CCC[CH2][Sn][CH2]CCC. The van der Waals surface area contributed by atoms with Crippen LogP contribution in [0.1, 0.15) is 117 Å². The Hall–Kier alpha value is -0.521. The Morgan fingerprint density at radius 2 is 1.10 bits per heavy atom. The number of aliphatic carboxylic acids is 1. The van der Waals surface area contributed by atoms with E-state index in [4.69, 9.17) is 9.84 Å². The fraction of sp³-hybridized carbons (Fsp3) is 0.840. The van der Waals surface area contributed by atoms with Gasteiger partial charge in [0.05, 0.1) is 6.61 Å². The molecule has 4 nitrogen and oxygen atoms in total. The van der Waals surface area contributed by atoms with E-state index < -0.39 is 11.9 Å². The second kappa shape index (κ2) is 28.5. The van der Waals surface area contributed by atoms with E-state index in [0.717, 1.165) is 25.0 Å². The summed E-state index contributed by atoms with van der Waals surface area (Å²) in [4.78, 5) is 21.2. The predicted molar refractivity (Wildman–Crippen MR) is 129 cm³/mol. The molecule has 0 bridgehead atoms. The molecule has 0 aliphatic carbocycles. The van der Waals surface area contributed by atoms with Gasteiger partial charge in [0.25, 0.3) is 0 Å². The zero-order chi connectivity index (χ0) is 22.7. The van der Waals surface area contributed by atoms with Crippen molar-refractivity contribution in [1.29, 1.82) is 0 Å². The van der Waals surface area contributed by atoms with Crippen molar-refractivity contribution in [2.75, 3.05) is 6.61 Å². The Bertz CT molecular complexity index is 391. The van der Waals surface area contributed by atoms with E-state index in [1.807, 2.05) is 0 Å². The van der Waals surface area contributed by atoms with Crippen molar-refractivity contribution in [3.05, 3.63) is 12.2 Å². The molecule has 0 saturated carbocycles. The van der Waals surface area contributed by atoms with Gasteiger partial charge < -0.3 is 9.84 Å². The number of carbonyl (C=O) groups is 2. The molecule has 0 aromatic heterocycles. The van der Waals surface area contributed by atoms with Crippen LogP contribution in [0, 0.1) is 0 Å². The first-order valence-electron chi connectivity index (χ1n) is 12.4. The molecule has 0 spiro atoms. The van der Waals surface area contributed by atoms with Gasteiger partial charge in [-0.3, -0.25) is 0 Å². The second-order valence-electron chi connectivity index (χ2n) is 7.83. The van der Waals surface area contributed by atoms with Gasteiger partial charge in [-0.05, 0) is 6.42 Å². The van der Waals surface area contributed by atoms with Crippen LogP contribution in [-0.2, 0) is 14.3 Å². The predicted octanol–water partition coefficient (Wildman–Crippen LogP) is 7.61. The monoisotopic (exact) mass is 532 g/mol. The topological polar surface area (TPSA) is 63.6 Å². The Morgan fingerprint density at radius 3 is 1.53 bits per heavy atom. The number of ether oxygens (including phenoxy) is 1. The first-order chi connectivity index (χ1) is 14.6. The van der Waals surface area contributed by atoms with Gasteiger partial charge in [-0.25, -0.2) is 9.59 Å². The van der Waals surface area contributed by atoms with E-state index in [2.05, 4.69) is 20.8 Å². The summed E-state index contributed by atoms with van der Waals surface area (Å²) < 4.78 is 8.14. The van der Waals surface area contributed by atoms with Gasteiger partial charge in [-0.2, -0.15) is 0 Å². The van der Waals surface area contributed by atoms with Crippen molar-refractivity contribution >= 4 is 33.1 Å². The molecule has 0 aromatic rings. The molecular formula is C25H48O4Sn. The average molecular weight is 531 g/mol. The van der Waals surface area contributed by atoms with Crippen molar-refractivity contribution < 1.29 is 19.4 Å². The fourth-order valence-electron chi connectivity index (χ4n) is 2.86. The van der Waals surface area contributed by atoms with E-state index in [0.29, 0.717) is 6.61 Å². The molecule has 5 heteroatoms. The Morgan fingerprint density at radius 1 is 0.667 bits per heavy atom. The molecule has 0 atom stereocenters. The third-order valence-corrected chi connectivity index (χ3v) is 8.80. The van der Waals surface area contributed by atoms with Crippen LogP contribution in [0.4, 0.5) is 0 Å².